The van der Waals surface area contributed by atoms with Gasteiger partial charge in [-0.3, -0.25) is 4.98 Å². The van der Waals surface area contributed by atoms with Crippen molar-refractivity contribution in [3.05, 3.63) is 30.1 Å². The molecule has 2 heteroatoms. The van der Waals surface area contributed by atoms with Gasteiger partial charge in [0.1, 0.15) is 0 Å². The Kier molecular flexibility index (Phi) is 5.84. The van der Waals surface area contributed by atoms with E-state index in [1.165, 1.54) is 44.9 Å². The summed E-state index contributed by atoms with van der Waals surface area (Å²) in [5, 5.41) is 10.3. The minimum Gasteiger partial charge on any atom is -0.392 e. The SMILES string of the molecule is CCCCC1CCC(C(O)Cc2ccccn2)CC1. The summed E-state index contributed by atoms with van der Waals surface area (Å²) in [5.74, 6) is 1.40. The predicted molar refractivity (Wildman–Crippen MR) is 78.9 cm³/mol. The molecule has 1 heterocycles. The van der Waals surface area contributed by atoms with E-state index in [-0.39, 0.29) is 6.10 Å². The van der Waals surface area contributed by atoms with Gasteiger partial charge in [0.05, 0.1) is 6.10 Å². The molecule has 0 spiro atoms. The summed E-state index contributed by atoms with van der Waals surface area (Å²) in [6.45, 7) is 2.27. The molecule has 1 fully saturated rings. The van der Waals surface area contributed by atoms with E-state index in [9.17, 15) is 5.11 Å². The van der Waals surface area contributed by atoms with Gasteiger partial charge in [-0.25, -0.2) is 0 Å². The van der Waals surface area contributed by atoms with E-state index in [0.29, 0.717) is 12.3 Å². The highest BCUT2D eigenvalue weighted by Crippen LogP contribution is 2.34. The van der Waals surface area contributed by atoms with Gasteiger partial charge < -0.3 is 5.11 Å². The number of aliphatic hydroxyl groups is 1. The summed E-state index contributed by atoms with van der Waals surface area (Å²) in [4.78, 5) is 4.31. The molecule has 1 unspecified atom stereocenters. The highest BCUT2D eigenvalue weighted by Gasteiger charge is 2.26. The number of rotatable bonds is 6. The van der Waals surface area contributed by atoms with Crippen molar-refractivity contribution in [1.82, 2.24) is 4.98 Å². The van der Waals surface area contributed by atoms with E-state index >= 15 is 0 Å². The number of nitrogens with zero attached hydrogens (tertiary/aromatic N) is 1. The van der Waals surface area contributed by atoms with Crippen molar-refractivity contribution < 1.29 is 5.11 Å². The van der Waals surface area contributed by atoms with E-state index < -0.39 is 0 Å². The highest BCUT2D eigenvalue weighted by atomic mass is 16.3. The van der Waals surface area contributed by atoms with Crippen LogP contribution in [0.1, 0.15) is 57.6 Å². The molecular formula is C17H27NO. The zero-order valence-electron chi connectivity index (χ0n) is 12.1. The van der Waals surface area contributed by atoms with Gasteiger partial charge in [0.2, 0.25) is 0 Å². The molecule has 2 rings (SSSR count). The second-order valence-electron chi connectivity index (χ2n) is 6.02. The fraction of sp³-hybridized carbons (Fsp3) is 0.706. The third-order valence-electron chi connectivity index (χ3n) is 4.55. The van der Waals surface area contributed by atoms with Gasteiger partial charge >= 0.3 is 0 Å². The molecule has 106 valence electrons. The van der Waals surface area contributed by atoms with Crippen molar-refractivity contribution in [2.75, 3.05) is 0 Å². The fourth-order valence-electron chi connectivity index (χ4n) is 3.25. The summed E-state index contributed by atoms with van der Waals surface area (Å²) < 4.78 is 0. The first kappa shape index (κ1) is 14.5. The molecule has 1 aromatic rings. The lowest BCUT2D eigenvalue weighted by atomic mass is 9.77. The predicted octanol–water partition coefficient (Wildman–Crippen LogP) is 3.98. The number of unbranched alkanes of at least 4 members (excludes halogenated alkanes) is 1. The topological polar surface area (TPSA) is 33.1 Å². The Morgan fingerprint density at radius 1 is 1.26 bits per heavy atom. The Bertz CT molecular complexity index is 344. The fourth-order valence-corrected chi connectivity index (χ4v) is 3.25. The quantitative estimate of drug-likeness (QED) is 0.840. The average Bonchev–Trinajstić information content (AvgIpc) is 2.46. The number of hydrogen-bond donors (Lipinski definition) is 1. The minimum atomic E-state index is -0.206. The number of hydrogen-bond acceptors (Lipinski definition) is 2. The standard InChI is InChI=1S/C17H27NO/c1-2-3-6-14-8-10-15(11-9-14)17(19)13-16-7-4-5-12-18-16/h4-5,7,12,14-15,17,19H,2-3,6,8-11,13H2,1H3. The molecule has 1 atom stereocenters. The summed E-state index contributed by atoms with van der Waals surface area (Å²) in [7, 11) is 0. The minimum absolute atomic E-state index is 0.206. The van der Waals surface area contributed by atoms with Crippen LogP contribution in [-0.2, 0) is 6.42 Å². The first-order valence-electron chi connectivity index (χ1n) is 7.87. The lowest BCUT2D eigenvalue weighted by molar-refractivity contribution is 0.0719. The zero-order valence-corrected chi connectivity index (χ0v) is 12.1. The van der Waals surface area contributed by atoms with Gasteiger partial charge in [-0.15, -0.1) is 0 Å². The van der Waals surface area contributed by atoms with Crippen LogP contribution >= 0.6 is 0 Å². The lowest BCUT2D eigenvalue weighted by Gasteiger charge is -2.31. The van der Waals surface area contributed by atoms with Crippen LogP contribution in [0.3, 0.4) is 0 Å². The van der Waals surface area contributed by atoms with Gasteiger partial charge in [0.25, 0.3) is 0 Å². The molecule has 1 saturated carbocycles. The van der Waals surface area contributed by atoms with Crippen LogP contribution < -0.4 is 0 Å². The van der Waals surface area contributed by atoms with Crippen LogP contribution in [0.4, 0.5) is 0 Å². The molecule has 2 nitrogen and oxygen atoms in total. The number of pyridine rings is 1. The molecule has 0 saturated heterocycles. The van der Waals surface area contributed by atoms with Crippen LogP contribution in [0.25, 0.3) is 0 Å². The van der Waals surface area contributed by atoms with Crippen molar-refractivity contribution in [3.63, 3.8) is 0 Å². The van der Waals surface area contributed by atoms with Crippen LogP contribution in [0, 0.1) is 11.8 Å². The van der Waals surface area contributed by atoms with Crippen LogP contribution in [-0.4, -0.2) is 16.2 Å². The largest absolute Gasteiger partial charge is 0.392 e. The van der Waals surface area contributed by atoms with E-state index in [1.54, 1.807) is 0 Å². The summed E-state index contributed by atoms with van der Waals surface area (Å²) >= 11 is 0. The first-order valence-corrected chi connectivity index (χ1v) is 7.87. The maximum atomic E-state index is 10.3. The molecule has 1 aliphatic rings. The summed E-state index contributed by atoms with van der Waals surface area (Å²) in [6.07, 6.45) is 11.4. The third-order valence-corrected chi connectivity index (χ3v) is 4.55. The zero-order chi connectivity index (χ0) is 13.5. The molecule has 0 aromatic carbocycles. The molecular weight excluding hydrogens is 234 g/mol. The van der Waals surface area contributed by atoms with Crippen molar-refractivity contribution in [3.8, 4) is 0 Å². The monoisotopic (exact) mass is 261 g/mol. The second kappa shape index (κ2) is 7.64. The third kappa shape index (κ3) is 4.61. The molecule has 1 aliphatic carbocycles. The van der Waals surface area contributed by atoms with Gasteiger partial charge in [-0.1, -0.05) is 45.1 Å². The maximum absolute atomic E-state index is 10.3. The van der Waals surface area contributed by atoms with Gasteiger partial charge in [0.15, 0.2) is 0 Å². The van der Waals surface area contributed by atoms with Crippen molar-refractivity contribution >= 4 is 0 Å². The summed E-state index contributed by atoms with van der Waals surface area (Å²) in [5.41, 5.74) is 1.02. The van der Waals surface area contributed by atoms with E-state index in [1.807, 2.05) is 24.4 Å². The Morgan fingerprint density at radius 3 is 2.68 bits per heavy atom. The maximum Gasteiger partial charge on any atom is 0.0623 e. The van der Waals surface area contributed by atoms with Crippen LogP contribution in [0.5, 0.6) is 0 Å². The van der Waals surface area contributed by atoms with Crippen LogP contribution in [0.15, 0.2) is 24.4 Å². The molecule has 1 N–H and O–H groups in total. The average molecular weight is 261 g/mol. The smallest absolute Gasteiger partial charge is 0.0623 e. The van der Waals surface area contributed by atoms with Gasteiger partial charge in [-0.05, 0) is 36.8 Å². The number of aromatic nitrogens is 1. The Morgan fingerprint density at radius 2 is 2.05 bits per heavy atom. The van der Waals surface area contributed by atoms with Crippen molar-refractivity contribution in [2.24, 2.45) is 11.8 Å². The van der Waals surface area contributed by atoms with Gasteiger partial charge in [0, 0.05) is 18.3 Å². The molecule has 0 radical (unpaired) electrons. The normalized spacial score (nSPS) is 25.2. The Hall–Kier alpha value is -0.890. The highest BCUT2D eigenvalue weighted by molar-refractivity contribution is 5.05. The Labute approximate surface area is 117 Å². The van der Waals surface area contributed by atoms with E-state index in [4.69, 9.17) is 0 Å². The van der Waals surface area contributed by atoms with E-state index in [2.05, 4.69) is 11.9 Å². The lowest BCUT2D eigenvalue weighted by Crippen LogP contribution is -2.27. The summed E-state index contributed by atoms with van der Waals surface area (Å²) in [6, 6.07) is 5.93. The van der Waals surface area contributed by atoms with Crippen molar-refractivity contribution in [1.29, 1.82) is 0 Å². The van der Waals surface area contributed by atoms with Crippen LogP contribution in [0.2, 0.25) is 0 Å². The van der Waals surface area contributed by atoms with Crippen molar-refractivity contribution in [2.45, 2.75) is 64.4 Å². The molecule has 0 bridgehead atoms. The molecule has 19 heavy (non-hydrogen) atoms. The van der Waals surface area contributed by atoms with Gasteiger partial charge in [-0.2, -0.15) is 0 Å². The van der Waals surface area contributed by atoms with E-state index in [0.717, 1.165) is 11.6 Å². The number of aliphatic hydroxyl groups excluding tert-OH is 1. The Balaban J connectivity index is 1.74. The first-order chi connectivity index (χ1) is 9.29. The molecule has 1 aromatic heterocycles. The molecule has 0 aliphatic heterocycles. The molecule has 0 amide bonds. The second-order valence-corrected chi connectivity index (χ2v) is 6.02.